The van der Waals surface area contributed by atoms with Crippen molar-refractivity contribution in [2.24, 2.45) is 11.8 Å². The standard InChI is InChI=1S/C28H28FN3O3/c1-35-28(34)20-8-6-18(7-9-20)15-31-27(33)25-24(29)11-10-19-12-13-32(26(19)25)17-23-14-21-4-2-3-5-22(21)16-30-23/h2-5,10-14,16,18,20H,6-9,15,17H2,1H3,(H,31,33)/t18-,20-. The molecule has 2 aromatic heterocycles. The van der Waals surface area contributed by atoms with Crippen LogP contribution in [0.5, 0.6) is 0 Å². The number of carbonyl (C=O) groups excluding carboxylic acids is 2. The molecule has 1 aliphatic carbocycles. The van der Waals surface area contributed by atoms with Gasteiger partial charge in [0.25, 0.3) is 5.91 Å². The van der Waals surface area contributed by atoms with Crippen molar-refractivity contribution < 1.29 is 18.7 Å². The van der Waals surface area contributed by atoms with E-state index in [1.807, 2.05) is 53.4 Å². The van der Waals surface area contributed by atoms with E-state index in [0.29, 0.717) is 18.6 Å². The van der Waals surface area contributed by atoms with Gasteiger partial charge in [-0.1, -0.05) is 24.3 Å². The van der Waals surface area contributed by atoms with E-state index in [4.69, 9.17) is 4.74 Å². The number of halogens is 1. The third-order valence-electron chi connectivity index (χ3n) is 7.06. The molecule has 6 nitrogen and oxygen atoms in total. The largest absolute Gasteiger partial charge is 0.469 e. The number of esters is 1. The second-order valence-corrected chi connectivity index (χ2v) is 9.28. The van der Waals surface area contributed by atoms with Crippen molar-refractivity contribution >= 4 is 33.6 Å². The molecule has 0 spiro atoms. The Hall–Kier alpha value is -3.74. The Labute approximate surface area is 203 Å². The fourth-order valence-corrected chi connectivity index (χ4v) is 5.10. The van der Waals surface area contributed by atoms with Gasteiger partial charge in [-0.25, -0.2) is 4.39 Å². The maximum Gasteiger partial charge on any atom is 0.308 e. The highest BCUT2D eigenvalue weighted by molar-refractivity contribution is 6.06. The molecule has 1 fully saturated rings. The minimum Gasteiger partial charge on any atom is -0.469 e. The normalized spacial score (nSPS) is 18.0. The number of benzene rings is 2. The molecule has 7 heteroatoms. The summed E-state index contributed by atoms with van der Waals surface area (Å²) < 4.78 is 21.7. The summed E-state index contributed by atoms with van der Waals surface area (Å²) >= 11 is 0. The molecule has 0 atom stereocenters. The predicted octanol–water partition coefficient (Wildman–Crippen LogP) is 5.09. The lowest BCUT2D eigenvalue weighted by Crippen LogP contribution is -2.33. The van der Waals surface area contributed by atoms with Gasteiger partial charge in [-0.2, -0.15) is 0 Å². The average molecular weight is 474 g/mol. The summed E-state index contributed by atoms with van der Waals surface area (Å²) in [6.07, 6.45) is 6.86. The van der Waals surface area contributed by atoms with E-state index >= 15 is 0 Å². The molecule has 0 saturated heterocycles. The molecule has 4 aromatic rings. The molecule has 35 heavy (non-hydrogen) atoms. The van der Waals surface area contributed by atoms with E-state index < -0.39 is 11.7 Å². The van der Waals surface area contributed by atoms with Crippen molar-refractivity contribution in [1.29, 1.82) is 0 Å². The van der Waals surface area contributed by atoms with Gasteiger partial charge in [0.2, 0.25) is 0 Å². The summed E-state index contributed by atoms with van der Waals surface area (Å²) in [6, 6.07) is 14.9. The molecule has 2 heterocycles. The van der Waals surface area contributed by atoms with Crippen molar-refractivity contribution in [3.05, 3.63) is 78.0 Å². The number of rotatable bonds is 6. The number of nitrogens with zero attached hydrogens (tertiary/aromatic N) is 2. The quantitative estimate of drug-likeness (QED) is 0.396. The summed E-state index contributed by atoms with van der Waals surface area (Å²) in [7, 11) is 1.41. The average Bonchev–Trinajstić information content (AvgIpc) is 3.29. The van der Waals surface area contributed by atoms with Gasteiger partial charge in [-0.05, 0) is 61.3 Å². The van der Waals surface area contributed by atoms with Crippen LogP contribution in [0.15, 0.2) is 60.9 Å². The Morgan fingerprint density at radius 1 is 1.06 bits per heavy atom. The molecule has 2 aromatic carbocycles. The highest BCUT2D eigenvalue weighted by Gasteiger charge is 2.27. The number of nitrogens with one attached hydrogen (secondary N) is 1. The molecule has 0 radical (unpaired) electrons. The number of ether oxygens (including phenoxy) is 1. The molecular weight excluding hydrogens is 445 g/mol. The van der Waals surface area contributed by atoms with Crippen LogP contribution in [0, 0.1) is 17.7 Å². The van der Waals surface area contributed by atoms with Gasteiger partial charge in [-0.15, -0.1) is 0 Å². The van der Waals surface area contributed by atoms with Gasteiger partial charge >= 0.3 is 5.97 Å². The Kier molecular flexibility index (Phi) is 6.49. The number of methoxy groups -OCH3 is 1. The first-order valence-corrected chi connectivity index (χ1v) is 12.0. The minimum absolute atomic E-state index is 0.0523. The topological polar surface area (TPSA) is 73.2 Å². The van der Waals surface area contributed by atoms with Gasteiger partial charge in [-0.3, -0.25) is 14.6 Å². The maximum absolute atomic E-state index is 15.0. The zero-order valence-electron chi connectivity index (χ0n) is 19.7. The Morgan fingerprint density at radius 3 is 2.60 bits per heavy atom. The van der Waals surface area contributed by atoms with Crippen LogP contribution >= 0.6 is 0 Å². The Morgan fingerprint density at radius 2 is 1.83 bits per heavy atom. The number of hydrogen-bond donors (Lipinski definition) is 1. The number of carbonyl (C=O) groups is 2. The lowest BCUT2D eigenvalue weighted by Gasteiger charge is -2.27. The SMILES string of the molecule is COC(=O)[C@H]1CC[C@H](CNC(=O)c2c(F)ccc3ccn(Cc4cc5ccccc5cn4)c23)CC1. The maximum atomic E-state index is 15.0. The number of hydrogen-bond acceptors (Lipinski definition) is 4. The lowest BCUT2D eigenvalue weighted by atomic mass is 9.82. The van der Waals surface area contributed by atoms with Crippen molar-refractivity contribution in [3.63, 3.8) is 0 Å². The number of pyridine rings is 1. The van der Waals surface area contributed by atoms with Crippen LogP contribution in [0.4, 0.5) is 4.39 Å². The van der Waals surface area contributed by atoms with Gasteiger partial charge in [0, 0.05) is 29.7 Å². The fourth-order valence-electron chi connectivity index (χ4n) is 5.10. The Balaban J connectivity index is 1.34. The number of aromatic nitrogens is 2. The molecule has 1 amide bonds. The van der Waals surface area contributed by atoms with Crippen LogP contribution in [0.25, 0.3) is 21.7 Å². The van der Waals surface area contributed by atoms with Crippen molar-refractivity contribution in [2.75, 3.05) is 13.7 Å². The van der Waals surface area contributed by atoms with Crippen molar-refractivity contribution in [2.45, 2.75) is 32.2 Å². The molecular formula is C28H28FN3O3. The molecule has 1 saturated carbocycles. The Bertz CT molecular complexity index is 1390. The van der Waals surface area contributed by atoms with E-state index in [2.05, 4.69) is 10.3 Å². The van der Waals surface area contributed by atoms with E-state index in [1.165, 1.54) is 13.2 Å². The first-order valence-electron chi connectivity index (χ1n) is 12.0. The van der Waals surface area contributed by atoms with E-state index in [9.17, 15) is 14.0 Å². The molecule has 0 bridgehead atoms. The molecule has 1 N–H and O–H groups in total. The van der Waals surface area contributed by atoms with E-state index in [-0.39, 0.29) is 23.4 Å². The highest BCUT2D eigenvalue weighted by Crippen LogP contribution is 2.30. The third-order valence-corrected chi connectivity index (χ3v) is 7.06. The summed E-state index contributed by atoms with van der Waals surface area (Å²) in [5.41, 5.74) is 1.45. The summed E-state index contributed by atoms with van der Waals surface area (Å²) in [5.74, 6) is -0.936. The fraction of sp³-hybridized carbons (Fsp3) is 0.321. The second-order valence-electron chi connectivity index (χ2n) is 9.28. The van der Waals surface area contributed by atoms with E-state index in [0.717, 1.165) is 47.5 Å². The van der Waals surface area contributed by atoms with Gasteiger partial charge in [0.15, 0.2) is 0 Å². The summed E-state index contributed by atoms with van der Waals surface area (Å²) in [4.78, 5) is 29.5. The zero-order chi connectivity index (χ0) is 24.4. The number of fused-ring (bicyclic) bond motifs is 2. The molecule has 5 rings (SSSR count). The first-order chi connectivity index (χ1) is 17.0. The van der Waals surface area contributed by atoms with Gasteiger partial charge in [0.05, 0.1) is 36.3 Å². The van der Waals surface area contributed by atoms with Gasteiger partial charge < -0.3 is 14.6 Å². The second kappa shape index (κ2) is 9.86. The number of amides is 1. The van der Waals surface area contributed by atoms with Crippen LogP contribution in [0.1, 0.15) is 41.7 Å². The monoisotopic (exact) mass is 473 g/mol. The minimum atomic E-state index is -0.546. The van der Waals surface area contributed by atoms with Crippen LogP contribution in [0.2, 0.25) is 0 Å². The van der Waals surface area contributed by atoms with Crippen molar-refractivity contribution in [1.82, 2.24) is 14.9 Å². The van der Waals surface area contributed by atoms with E-state index in [1.54, 1.807) is 6.07 Å². The predicted molar refractivity (Wildman–Crippen MR) is 133 cm³/mol. The van der Waals surface area contributed by atoms with Crippen LogP contribution in [-0.2, 0) is 16.1 Å². The summed E-state index contributed by atoms with van der Waals surface area (Å²) in [6.45, 7) is 0.880. The zero-order valence-corrected chi connectivity index (χ0v) is 19.7. The first kappa shape index (κ1) is 23.0. The summed E-state index contributed by atoms with van der Waals surface area (Å²) in [5, 5.41) is 5.88. The van der Waals surface area contributed by atoms with Crippen LogP contribution in [-0.4, -0.2) is 35.1 Å². The molecule has 0 unspecified atom stereocenters. The smallest absolute Gasteiger partial charge is 0.308 e. The lowest BCUT2D eigenvalue weighted by molar-refractivity contribution is -0.146. The van der Waals surface area contributed by atoms with Crippen LogP contribution in [0.3, 0.4) is 0 Å². The van der Waals surface area contributed by atoms with Gasteiger partial charge in [0.1, 0.15) is 5.82 Å². The molecule has 180 valence electrons. The van der Waals surface area contributed by atoms with Crippen molar-refractivity contribution in [3.8, 4) is 0 Å². The highest BCUT2D eigenvalue weighted by atomic mass is 19.1. The third kappa shape index (κ3) is 4.76. The molecule has 0 aliphatic heterocycles. The molecule has 1 aliphatic rings. The van der Waals surface area contributed by atoms with Crippen LogP contribution < -0.4 is 5.32 Å².